The molecule has 4 aromatic rings. The van der Waals surface area contributed by atoms with Crippen LogP contribution in [0.5, 0.6) is 5.75 Å². The number of anilines is 1. The molecule has 8 heteroatoms. The van der Waals surface area contributed by atoms with Gasteiger partial charge in [-0.25, -0.2) is 4.79 Å². The molecule has 2 aromatic heterocycles. The number of urea groups is 1. The summed E-state index contributed by atoms with van der Waals surface area (Å²) in [6.07, 6.45) is 0.0325. The van der Waals surface area contributed by atoms with Gasteiger partial charge in [-0.15, -0.1) is 11.3 Å². The van der Waals surface area contributed by atoms with Gasteiger partial charge in [-0.2, -0.15) is 0 Å². The second kappa shape index (κ2) is 7.84. The third kappa shape index (κ3) is 3.88. The van der Waals surface area contributed by atoms with Gasteiger partial charge in [0, 0.05) is 21.7 Å². The molecule has 0 saturated carbocycles. The number of furan rings is 1. The van der Waals surface area contributed by atoms with E-state index in [-0.39, 0.29) is 12.3 Å². The smallest absolute Gasteiger partial charge is 0.312 e. The normalized spacial score (nSPS) is 12.0. The Kier molecular flexibility index (Phi) is 5.09. The average molecular weight is 409 g/mol. The van der Waals surface area contributed by atoms with Crippen molar-refractivity contribution in [2.75, 3.05) is 12.4 Å². The van der Waals surface area contributed by atoms with Crippen molar-refractivity contribution in [2.45, 2.75) is 12.5 Å². The summed E-state index contributed by atoms with van der Waals surface area (Å²) < 4.78 is 11.4. The largest absolute Gasteiger partial charge is 0.495 e. The van der Waals surface area contributed by atoms with E-state index in [1.165, 1.54) is 11.3 Å². The Hall–Kier alpha value is -3.52. The molecule has 7 nitrogen and oxygen atoms in total. The molecule has 1 atom stereocenters. The first-order valence-corrected chi connectivity index (χ1v) is 9.81. The number of fused-ring (bicyclic) bond motifs is 3. The number of nitrogens with one attached hydrogen (secondary N) is 2. The Bertz CT molecular complexity index is 1180. The SMILES string of the molecule is COc1cc2c(cc1NC(=O)CC(NC(N)=O)c1cccs1)oc1ccccc12. The van der Waals surface area contributed by atoms with E-state index in [4.69, 9.17) is 14.9 Å². The number of methoxy groups -OCH3 is 1. The molecular weight excluding hydrogens is 390 g/mol. The molecule has 2 heterocycles. The predicted octanol–water partition coefficient (Wildman–Crippen LogP) is 4.39. The lowest BCUT2D eigenvalue weighted by atomic mass is 10.1. The standard InChI is InChI=1S/C21H19N3O4S/c1-27-18-9-13-12-5-2-3-6-16(12)28-17(13)10-14(18)23-20(25)11-15(24-21(22)26)19-7-4-8-29-19/h2-10,15H,11H2,1H3,(H,23,25)(H3,22,24,26). The van der Waals surface area contributed by atoms with Crippen LogP contribution < -0.4 is 21.1 Å². The van der Waals surface area contributed by atoms with E-state index in [9.17, 15) is 9.59 Å². The molecule has 2 aromatic carbocycles. The molecule has 0 aliphatic carbocycles. The highest BCUT2D eigenvalue weighted by Crippen LogP contribution is 2.36. The number of carbonyl (C=O) groups is 2. The van der Waals surface area contributed by atoms with Gasteiger partial charge in [-0.3, -0.25) is 4.79 Å². The zero-order chi connectivity index (χ0) is 20.4. The van der Waals surface area contributed by atoms with E-state index in [2.05, 4.69) is 10.6 Å². The van der Waals surface area contributed by atoms with E-state index in [1.54, 1.807) is 13.2 Å². The molecule has 148 valence electrons. The lowest BCUT2D eigenvalue weighted by molar-refractivity contribution is -0.116. The molecule has 0 saturated heterocycles. The molecule has 0 radical (unpaired) electrons. The molecular formula is C21H19N3O4S. The third-order valence-electron chi connectivity index (χ3n) is 4.57. The summed E-state index contributed by atoms with van der Waals surface area (Å²) >= 11 is 1.44. The highest BCUT2D eigenvalue weighted by molar-refractivity contribution is 7.10. The van der Waals surface area contributed by atoms with Gasteiger partial charge in [-0.05, 0) is 23.6 Å². The molecule has 0 aliphatic rings. The summed E-state index contributed by atoms with van der Waals surface area (Å²) in [4.78, 5) is 24.9. The van der Waals surface area contributed by atoms with Crippen LogP contribution in [0.3, 0.4) is 0 Å². The number of benzene rings is 2. The van der Waals surface area contributed by atoms with Gasteiger partial charge in [-0.1, -0.05) is 24.3 Å². The Balaban J connectivity index is 1.61. The summed E-state index contributed by atoms with van der Waals surface area (Å²) in [5.74, 6) is 0.235. The molecule has 0 fully saturated rings. The van der Waals surface area contributed by atoms with Crippen LogP contribution in [0.4, 0.5) is 10.5 Å². The van der Waals surface area contributed by atoms with Crippen molar-refractivity contribution in [2.24, 2.45) is 5.73 Å². The zero-order valence-electron chi connectivity index (χ0n) is 15.6. The first-order valence-electron chi connectivity index (χ1n) is 8.93. The van der Waals surface area contributed by atoms with Gasteiger partial charge < -0.3 is 25.5 Å². The highest BCUT2D eigenvalue weighted by atomic mass is 32.1. The van der Waals surface area contributed by atoms with Crippen LogP contribution >= 0.6 is 11.3 Å². The van der Waals surface area contributed by atoms with Crippen LogP contribution in [0.25, 0.3) is 21.9 Å². The Morgan fingerprint density at radius 2 is 1.97 bits per heavy atom. The first kappa shape index (κ1) is 18.8. The van der Waals surface area contributed by atoms with Gasteiger partial charge in [0.05, 0.1) is 25.3 Å². The Labute approximate surface area is 170 Å². The van der Waals surface area contributed by atoms with E-state index in [0.717, 1.165) is 21.2 Å². The summed E-state index contributed by atoms with van der Waals surface area (Å²) in [7, 11) is 1.54. The van der Waals surface area contributed by atoms with Crippen LogP contribution in [0.2, 0.25) is 0 Å². The van der Waals surface area contributed by atoms with Crippen molar-refractivity contribution in [3.8, 4) is 5.75 Å². The monoisotopic (exact) mass is 409 g/mol. The zero-order valence-corrected chi connectivity index (χ0v) is 16.4. The minimum atomic E-state index is -0.683. The van der Waals surface area contributed by atoms with E-state index < -0.39 is 12.1 Å². The molecule has 0 aliphatic heterocycles. The van der Waals surface area contributed by atoms with Crippen molar-refractivity contribution >= 4 is 50.9 Å². The third-order valence-corrected chi connectivity index (χ3v) is 5.55. The summed E-state index contributed by atoms with van der Waals surface area (Å²) in [6, 6.07) is 13.8. The van der Waals surface area contributed by atoms with Crippen LogP contribution in [0.1, 0.15) is 17.3 Å². The second-order valence-electron chi connectivity index (χ2n) is 6.48. The van der Waals surface area contributed by atoms with Gasteiger partial charge in [0.1, 0.15) is 16.9 Å². The Morgan fingerprint density at radius 1 is 1.14 bits per heavy atom. The minimum Gasteiger partial charge on any atom is -0.495 e. The fourth-order valence-electron chi connectivity index (χ4n) is 3.29. The molecule has 4 N–H and O–H groups in total. The molecule has 0 bridgehead atoms. The summed E-state index contributed by atoms with van der Waals surface area (Å²) in [5, 5.41) is 9.22. The number of primary amides is 1. The fraction of sp³-hybridized carbons (Fsp3) is 0.143. The number of para-hydroxylation sites is 1. The van der Waals surface area contributed by atoms with Crippen LogP contribution in [-0.4, -0.2) is 19.0 Å². The first-order chi connectivity index (χ1) is 14.0. The lowest BCUT2D eigenvalue weighted by Crippen LogP contribution is -2.34. The predicted molar refractivity (Wildman–Crippen MR) is 113 cm³/mol. The molecule has 3 amide bonds. The number of carbonyl (C=O) groups excluding carboxylic acids is 2. The quantitative estimate of drug-likeness (QED) is 0.439. The number of thiophene rings is 1. The average Bonchev–Trinajstić information content (AvgIpc) is 3.34. The number of amides is 3. The maximum absolute atomic E-state index is 12.7. The van der Waals surface area contributed by atoms with E-state index in [0.29, 0.717) is 17.0 Å². The highest BCUT2D eigenvalue weighted by Gasteiger charge is 2.20. The van der Waals surface area contributed by atoms with Crippen LogP contribution in [0.15, 0.2) is 58.3 Å². The van der Waals surface area contributed by atoms with Crippen molar-refractivity contribution < 1.29 is 18.7 Å². The van der Waals surface area contributed by atoms with Crippen molar-refractivity contribution in [1.82, 2.24) is 5.32 Å². The van der Waals surface area contributed by atoms with Crippen molar-refractivity contribution in [3.05, 3.63) is 58.8 Å². The van der Waals surface area contributed by atoms with Crippen LogP contribution in [-0.2, 0) is 4.79 Å². The molecule has 29 heavy (non-hydrogen) atoms. The lowest BCUT2D eigenvalue weighted by Gasteiger charge is -2.16. The molecule has 4 rings (SSSR count). The van der Waals surface area contributed by atoms with Gasteiger partial charge >= 0.3 is 6.03 Å². The number of ether oxygens (including phenoxy) is 1. The number of nitrogens with two attached hydrogens (primary N) is 1. The van der Waals surface area contributed by atoms with Crippen LogP contribution in [0, 0.1) is 0 Å². The van der Waals surface area contributed by atoms with Gasteiger partial charge in [0.25, 0.3) is 0 Å². The summed E-state index contributed by atoms with van der Waals surface area (Å²) in [5.41, 5.74) is 7.16. The molecule has 1 unspecified atom stereocenters. The number of hydrogen-bond donors (Lipinski definition) is 3. The minimum absolute atomic E-state index is 0.0325. The molecule has 0 spiro atoms. The number of rotatable bonds is 6. The van der Waals surface area contributed by atoms with E-state index in [1.807, 2.05) is 47.8 Å². The maximum Gasteiger partial charge on any atom is 0.312 e. The van der Waals surface area contributed by atoms with Gasteiger partial charge in [0.15, 0.2) is 0 Å². The topological polar surface area (TPSA) is 107 Å². The fourth-order valence-corrected chi connectivity index (χ4v) is 4.07. The van der Waals surface area contributed by atoms with Gasteiger partial charge in [0.2, 0.25) is 5.91 Å². The van der Waals surface area contributed by atoms with E-state index >= 15 is 0 Å². The van der Waals surface area contributed by atoms with Crippen molar-refractivity contribution in [1.29, 1.82) is 0 Å². The van der Waals surface area contributed by atoms with Crippen molar-refractivity contribution in [3.63, 3.8) is 0 Å². The Morgan fingerprint density at radius 3 is 2.69 bits per heavy atom. The summed E-state index contributed by atoms with van der Waals surface area (Å²) in [6.45, 7) is 0. The second-order valence-corrected chi connectivity index (χ2v) is 7.46. The number of hydrogen-bond acceptors (Lipinski definition) is 5. The maximum atomic E-state index is 12.7.